The Bertz CT molecular complexity index is 1200. The van der Waals surface area contributed by atoms with Crippen LogP contribution in [0.3, 0.4) is 0 Å². The van der Waals surface area contributed by atoms with E-state index in [0.29, 0.717) is 29.9 Å². The molecule has 10 nitrogen and oxygen atoms in total. The molecule has 1 aliphatic rings. The molecule has 1 amide bonds. The first-order valence-corrected chi connectivity index (χ1v) is 12.8. The molecule has 38 heavy (non-hydrogen) atoms. The van der Waals surface area contributed by atoms with Crippen molar-refractivity contribution in [2.45, 2.75) is 25.7 Å². The van der Waals surface area contributed by atoms with Crippen molar-refractivity contribution in [3.8, 4) is 23.0 Å². The Morgan fingerprint density at radius 1 is 1.03 bits per heavy atom. The van der Waals surface area contributed by atoms with E-state index < -0.39 is 6.09 Å². The summed E-state index contributed by atoms with van der Waals surface area (Å²) in [5, 5.41) is 3.18. The van der Waals surface area contributed by atoms with Crippen LogP contribution >= 0.6 is 0 Å². The predicted octanol–water partition coefficient (Wildman–Crippen LogP) is 5.13. The van der Waals surface area contributed by atoms with E-state index >= 15 is 0 Å². The monoisotopic (exact) mass is 521 g/mol. The number of para-hydroxylation sites is 1. The number of carbonyl (C=O) groups excluding carboxylic acids is 1. The van der Waals surface area contributed by atoms with Gasteiger partial charge >= 0.3 is 6.09 Å². The van der Waals surface area contributed by atoms with Gasteiger partial charge in [-0.3, -0.25) is 4.90 Å². The molecule has 0 aliphatic carbocycles. The number of benzene rings is 2. The molecular formula is C28H35N5O5. The Hall–Kier alpha value is -4.05. The molecule has 1 fully saturated rings. The summed E-state index contributed by atoms with van der Waals surface area (Å²) in [5.74, 6) is 2.50. The number of nitrogens with one attached hydrogen (secondary N) is 1. The normalized spacial score (nSPS) is 13.4. The van der Waals surface area contributed by atoms with Crippen molar-refractivity contribution in [1.82, 2.24) is 14.9 Å². The van der Waals surface area contributed by atoms with Crippen molar-refractivity contribution in [3.63, 3.8) is 0 Å². The lowest BCUT2D eigenvalue weighted by molar-refractivity contribution is 0.205. The highest BCUT2D eigenvalue weighted by Crippen LogP contribution is 2.37. The second-order valence-corrected chi connectivity index (χ2v) is 8.91. The van der Waals surface area contributed by atoms with Crippen LogP contribution in [-0.2, 0) is 0 Å². The largest absolute Gasteiger partial charge is 0.493 e. The molecule has 2 heterocycles. The van der Waals surface area contributed by atoms with Crippen LogP contribution < -0.4 is 29.2 Å². The molecule has 0 bridgehead atoms. The standard InChI is InChI=1S/C28H35N5O5/c1-32(28(34)38-24-13-8-12-23(35-2)26(24)36-3)25-14-15-29-27(31-25)30-21-10-7-11-22(20-21)37-19-9-18-33-16-5-4-6-17-33/h7-8,10-15,20H,4-6,9,16-19H2,1-3H3,(H,29,30,31). The van der Waals surface area contributed by atoms with Gasteiger partial charge in [0, 0.05) is 31.5 Å². The third-order valence-electron chi connectivity index (χ3n) is 6.25. The van der Waals surface area contributed by atoms with E-state index in [9.17, 15) is 4.79 Å². The van der Waals surface area contributed by atoms with Gasteiger partial charge in [0.25, 0.3) is 0 Å². The van der Waals surface area contributed by atoms with Gasteiger partial charge in [-0.1, -0.05) is 18.6 Å². The Balaban J connectivity index is 1.34. The Kier molecular flexibility index (Phi) is 9.58. The molecule has 4 rings (SSSR count). The van der Waals surface area contributed by atoms with E-state index in [1.54, 1.807) is 37.5 Å². The number of hydrogen-bond donors (Lipinski definition) is 1. The number of ether oxygens (including phenoxy) is 4. The van der Waals surface area contributed by atoms with Crippen LogP contribution in [0.5, 0.6) is 23.0 Å². The third-order valence-corrected chi connectivity index (χ3v) is 6.25. The molecule has 10 heteroatoms. The molecule has 0 saturated carbocycles. The molecule has 3 aromatic rings. The molecule has 0 unspecified atom stereocenters. The van der Waals surface area contributed by atoms with Gasteiger partial charge < -0.3 is 29.2 Å². The van der Waals surface area contributed by atoms with Gasteiger partial charge in [-0.05, 0) is 62.7 Å². The molecule has 2 aromatic carbocycles. The smallest absolute Gasteiger partial charge is 0.420 e. The lowest BCUT2D eigenvalue weighted by Crippen LogP contribution is -2.31. The minimum absolute atomic E-state index is 0.240. The van der Waals surface area contributed by atoms with Crippen LogP contribution in [0.4, 0.5) is 22.2 Å². The number of rotatable bonds is 11. The number of likely N-dealkylation sites (tertiary alicyclic amines) is 1. The molecule has 202 valence electrons. The van der Waals surface area contributed by atoms with Gasteiger partial charge in [-0.25, -0.2) is 9.78 Å². The van der Waals surface area contributed by atoms with E-state index in [1.165, 1.54) is 51.5 Å². The van der Waals surface area contributed by atoms with E-state index in [-0.39, 0.29) is 5.75 Å². The minimum Gasteiger partial charge on any atom is -0.493 e. The SMILES string of the molecule is COc1cccc(OC(=O)N(C)c2ccnc(Nc3cccc(OCCCN4CCCCC4)c3)n2)c1OC. The second kappa shape index (κ2) is 13.5. The quantitative estimate of drug-likeness (QED) is 0.344. The van der Waals surface area contributed by atoms with E-state index in [0.717, 1.165) is 24.4 Å². The van der Waals surface area contributed by atoms with Crippen molar-refractivity contribution >= 4 is 23.5 Å². The fourth-order valence-electron chi connectivity index (χ4n) is 4.24. The van der Waals surface area contributed by atoms with Gasteiger partial charge in [0.05, 0.1) is 20.8 Å². The number of anilines is 3. The number of hydrogen-bond acceptors (Lipinski definition) is 9. The van der Waals surface area contributed by atoms with Crippen LogP contribution in [0, 0.1) is 0 Å². The Morgan fingerprint density at radius 2 is 1.82 bits per heavy atom. The van der Waals surface area contributed by atoms with Crippen molar-refractivity contribution in [3.05, 3.63) is 54.7 Å². The lowest BCUT2D eigenvalue weighted by Gasteiger charge is -2.26. The lowest BCUT2D eigenvalue weighted by atomic mass is 10.1. The number of piperidine rings is 1. The number of nitrogens with zero attached hydrogens (tertiary/aromatic N) is 4. The molecule has 0 radical (unpaired) electrons. The highest BCUT2D eigenvalue weighted by atomic mass is 16.6. The molecule has 1 saturated heterocycles. The predicted molar refractivity (Wildman–Crippen MR) is 146 cm³/mol. The number of aromatic nitrogens is 2. The van der Waals surface area contributed by atoms with Crippen LogP contribution in [0.2, 0.25) is 0 Å². The maximum Gasteiger partial charge on any atom is 0.420 e. The zero-order valence-corrected chi connectivity index (χ0v) is 22.2. The topological polar surface area (TPSA) is 98.3 Å². The van der Waals surface area contributed by atoms with Crippen molar-refractivity contribution in [2.75, 3.05) is 57.7 Å². The first-order valence-electron chi connectivity index (χ1n) is 12.8. The van der Waals surface area contributed by atoms with Crippen LogP contribution in [-0.4, -0.2) is 68.5 Å². The summed E-state index contributed by atoms with van der Waals surface area (Å²) < 4.78 is 22.1. The van der Waals surface area contributed by atoms with Gasteiger partial charge in [-0.15, -0.1) is 0 Å². The highest BCUT2D eigenvalue weighted by molar-refractivity contribution is 5.88. The summed E-state index contributed by atoms with van der Waals surface area (Å²) in [5.41, 5.74) is 0.780. The zero-order chi connectivity index (χ0) is 26.7. The molecule has 1 N–H and O–H groups in total. The van der Waals surface area contributed by atoms with Gasteiger partial charge in [0.2, 0.25) is 11.7 Å². The number of methoxy groups -OCH3 is 2. The van der Waals surface area contributed by atoms with Crippen LogP contribution in [0.1, 0.15) is 25.7 Å². The van der Waals surface area contributed by atoms with Crippen LogP contribution in [0.25, 0.3) is 0 Å². The van der Waals surface area contributed by atoms with Crippen molar-refractivity contribution < 1.29 is 23.7 Å². The Labute approximate surface area is 223 Å². The first-order chi connectivity index (χ1) is 18.6. The summed E-state index contributed by atoms with van der Waals surface area (Å²) in [7, 11) is 4.57. The summed E-state index contributed by atoms with van der Waals surface area (Å²) in [4.78, 5) is 25.4. The minimum atomic E-state index is -0.638. The maximum atomic E-state index is 12.8. The van der Waals surface area contributed by atoms with Crippen molar-refractivity contribution in [2.24, 2.45) is 0 Å². The fraction of sp³-hybridized carbons (Fsp3) is 0.393. The molecule has 0 atom stereocenters. The average molecular weight is 522 g/mol. The summed E-state index contributed by atoms with van der Waals surface area (Å²) >= 11 is 0. The van der Waals surface area contributed by atoms with E-state index in [1.807, 2.05) is 24.3 Å². The zero-order valence-electron chi connectivity index (χ0n) is 22.2. The number of amides is 1. The van der Waals surface area contributed by atoms with Crippen molar-refractivity contribution in [1.29, 1.82) is 0 Å². The Morgan fingerprint density at radius 3 is 2.61 bits per heavy atom. The highest BCUT2D eigenvalue weighted by Gasteiger charge is 2.19. The summed E-state index contributed by atoms with van der Waals surface area (Å²) in [6, 6.07) is 14.3. The first kappa shape index (κ1) is 27.0. The fourth-order valence-corrected chi connectivity index (χ4v) is 4.24. The van der Waals surface area contributed by atoms with Gasteiger partial charge in [0.1, 0.15) is 11.6 Å². The summed E-state index contributed by atoms with van der Waals surface area (Å²) in [6.07, 6.45) is 5.87. The summed E-state index contributed by atoms with van der Waals surface area (Å²) in [6.45, 7) is 4.12. The number of carbonyl (C=O) groups is 1. The average Bonchev–Trinajstić information content (AvgIpc) is 2.95. The van der Waals surface area contributed by atoms with Gasteiger partial charge in [0.15, 0.2) is 11.5 Å². The van der Waals surface area contributed by atoms with E-state index in [4.69, 9.17) is 18.9 Å². The van der Waals surface area contributed by atoms with Crippen LogP contribution in [0.15, 0.2) is 54.7 Å². The molecule has 1 aromatic heterocycles. The second-order valence-electron chi connectivity index (χ2n) is 8.91. The third kappa shape index (κ3) is 7.25. The van der Waals surface area contributed by atoms with E-state index in [2.05, 4.69) is 20.2 Å². The maximum absolute atomic E-state index is 12.8. The molecular weight excluding hydrogens is 486 g/mol. The molecule has 1 aliphatic heterocycles. The van der Waals surface area contributed by atoms with Gasteiger partial charge in [-0.2, -0.15) is 4.98 Å². The molecule has 0 spiro atoms.